The summed E-state index contributed by atoms with van der Waals surface area (Å²) in [5.74, 6) is -0.588. The van der Waals surface area contributed by atoms with Crippen LogP contribution in [-0.4, -0.2) is 98.7 Å². The second kappa shape index (κ2) is 36.9. The summed E-state index contributed by atoms with van der Waals surface area (Å²) in [4.78, 5) is 13.0. The molecule has 1 aliphatic rings. The third-order valence-corrected chi connectivity index (χ3v) is 11.5. The number of hydrogen-bond donors (Lipinski definition) is 7. The number of allylic oxidation sites excluding steroid dienone is 2. The maximum absolute atomic E-state index is 13.0. The number of rotatable bonds is 39. The number of hydrogen-bond acceptors (Lipinski definition) is 9. The van der Waals surface area contributed by atoms with E-state index in [-0.39, 0.29) is 6.61 Å². The zero-order valence-corrected chi connectivity index (χ0v) is 36.0. The van der Waals surface area contributed by atoms with Crippen LogP contribution in [0.25, 0.3) is 0 Å². The van der Waals surface area contributed by atoms with Gasteiger partial charge in [0.05, 0.1) is 25.4 Å². The lowest BCUT2D eigenvalue weighted by molar-refractivity contribution is -0.302. The predicted octanol–water partition coefficient (Wildman–Crippen LogP) is 8.70. The van der Waals surface area contributed by atoms with Gasteiger partial charge in [0.15, 0.2) is 6.29 Å². The van der Waals surface area contributed by atoms with Gasteiger partial charge in [0, 0.05) is 0 Å². The van der Waals surface area contributed by atoms with E-state index < -0.39 is 61.5 Å². The molecular weight excluding hydrogens is 711 g/mol. The van der Waals surface area contributed by atoms with Crippen LogP contribution in [0.15, 0.2) is 12.2 Å². The van der Waals surface area contributed by atoms with E-state index in [9.17, 15) is 35.4 Å². The Morgan fingerprint density at radius 3 is 1.45 bits per heavy atom. The zero-order chi connectivity index (χ0) is 41.1. The average molecular weight is 800 g/mol. The maximum atomic E-state index is 13.0. The van der Waals surface area contributed by atoms with Gasteiger partial charge >= 0.3 is 0 Å². The fraction of sp³-hybridized carbons (Fsp3) is 0.935. The fourth-order valence-electron chi connectivity index (χ4n) is 7.57. The van der Waals surface area contributed by atoms with Crippen molar-refractivity contribution >= 4 is 5.91 Å². The van der Waals surface area contributed by atoms with E-state index in [1.165, 1.54) is 128 Å². The Hall–Kier alpha value is -1.11. The quantitative estimate of drug-likeness (QED) is 0.0238. The van der Waals surface area contributed by atoms with Crippen molar-refractivity contribution in [3.8, 4) is 0 Å². The summed E-state index contributed by atoms with van der Waals surface area (Å²) in [6.07, 6.45) is 31.2. The monoisotopic (exact) mass is 800 g/mol. The largest absolute Gasteiger partial charge is 0.394 e. The normalized spacial score (nSPS) is 21.8. The topological polar surface area (TPSA) is 169 Å². The highest BCUT2D eigenvalue weighted by Gasteiger charge is 2.44. The highest BCUT2D eigenvalue weighted by molar-refractivity contribution is 5.80. The zero-order valence-electron chi connectivity index (χ0n) is 36.0. The van der Waals surface area contributed by atoms with Gasteiger partial charge in [0.25, 0.3) is 0 Å². The van der Waals surface area contributed by atoms with Gasteiger partial charge in [0.1, 0.15) is 30.5 Å². The highest BCUT2D eigenvalue weighted by atomic mass is 16.7. The molecule has 0 aromatic carbocycles. The van der Waals surface area contributed by atoms with Crippen LogP contribution < -0.4 is 5.32 Å². The molecule has 0 aromatic heterocycles. The molecule has 1 aliphatic heterocycles. The summed E-state index contributed by atoms with van der Waals surface area (Å²) in [7, 11) is 0. The highest BCUT2D eigenvalue weighted by Crippen LogP contribution is 2.23. The van der Waals surface area contributed by atoms with Crippen molar-refractivity contribution in [1.82, 2.24) is 5.32 Å². The molecule has 0 saturated carbocycles. The molecule has 1 fully saturated rings. The number of aliphatic hydroxyl groups is 6. The Bertz CT molecular complexity index is 906. The van der Waals surface area contributed by atoms with Crippen LogP contribution in [0, 0.1) is 0 Å². The predicted molar refractivity (Wildman–Crippen MR) is 227 cm³/mol. The molecule has 1 amide bonds. The van der Waals surface area contributed by atoms with Crippen LogP contribution in [0.3, 0.4) is 0 Å². The molecule has 1 heterocycles. The Morgan fingerprint density at radius 1 is 0.589 bits per heavy atom. The molecule has 0 radical (unpaired) electrons. The average Bonchev–Trinajstić information content (AvgIpc) is 3.20. The van der Waals surface area contributed by atoms with E-state index in [0.717, 1.165) is 57.8 Å². The SMILES string of the molecule is CCCCCCCCCCCC/C=C\CCCCCCCCC(O)C(=O)NC(COC1OC(CO)C(O)C(O)C1O)C(O)CCCCCCCCCCCCC. The second-order valence-electron chi connectivity index (χ2n) is 16.7. The number of ether oxygens (including phenoxy) is 2. The number of amides is 1. The van der Waals surface area contributed by atoms with E-state index in [1.807, 2.05) is 0 Å². The summed E-state index contributed by atoms with van der Waals surface area (Å²) < 4.78 is 11.2. The van der Waals surface area contributed by atoms with Crippen LogP contribution in [0.1, 0.15) is 213 Å². The Labute approximate surface area is 342 Å². The van der Waals surface area contributed by atoms with Gasteiger partial charge in [-0.25, -0.2) is 0 Å². The van der Waals surface area contributed by atoms with Crippen LogP contribution in [0.2, 0.25) is 0 Å². The number of aliphatic hydroxyl groups excluding tert-OH is 6. The first kappa shape index (κ1) is 52.9. The molecular formula is C46H89NO9. The van der Waals surface area contributed by atoms with Crippen LogP contribution in [0.5, 0.6) is 0 Å². The van der Waals surface area contributed by atoms with Crippen molar-refractivity contribution in [2.75, 3.05) is 13.2 Å². The van der Waals surface area contributed by atoms with Crippen molar-refractivity contribution in [3.05, 3.63) is 12.2 Å². The number of carbonyl (C=O) groups is 1. The standard InChI is InChI=1S/C46H89NO9/c1-3-5-7-9-11-13-15-16-17-18-19-20-21-22-23-25-27-29-31-33-35-40(50)45(54)47-38(37-55-46-44(53)43(52)42(51)41(36-48)56-46)39(49)34-32-30-28-26-24-14-12-10-8-6-4-2/h20-21,38-44,46,48-53H,3-19,22-37H2,1-2H3,(H,47,54)/b21-20-. The molecule has 10 heteroatoms. The van der Waals surface area contributed by atoms with E-state index in [2.05, 4.69) is 31.3 Å². The van der Waals surface area contributed by atoms with Crippen LogP contribution in [-0.2, 0) is 14.3 Å². The summed E-state index contributed by atoms with van der Waals surface area (Å²) in [6.45, 7) is 3.65. The van der Waals surface area contributed by atoms with Crippen LogP contribution in [0.4, 0.5) is 0 Å². The number of nitrogens with one attached hydrogen (secondary N) is 1. The molecule has 0 spiro atoms. The van der Waals surface area contributed by atoms with Gasteiger partial charge < -0.3 is 45.4 Å². The summed E-state index contributed by atoms with van der Waals surface area (Å²) in [5, 5.41) is 64.7. The summed E-state index contributed by atoms with van der Waals surface area (Å²) >= 11 is 0. The third-order valence-electron chi connectivity index (χ3n) is 11.5. The first-order chi connectivity index (χ1) is 27.3. The molecule has 56 heavy (non-hydrogen) atoms. The molecule has 10 nitrogen and oxygen atoms in total. The van der Waals surface area contributed by atoms with Crippen molar-refractivity contribution in [2.24, 2.45) is 0 Å². The molecule has 1 rings (SSSR count). The minimum atomic E-state index is -1.59. The first-order valence-electron chi connectivity index (χ1n) is 23.5. The lowest BCUT2D eigenvalue weighted by Crippen LogP contribution is -2.60. The molecule has 0 aromatic rings. The molecule has 1 saturated heterocycles. The van der Waals surface area contributed by atoms with Crippen molar-refractivity contribution in [1.29, 1.82) is 0 Å². The van der Waals surface area contributed by atoms with Gasteiger partial charge in [-0.1, -0.05) is 187 Å². The lowest BCUT2D eigenvalue weighted by Gasteiger charge is -2.40. The van der Waals surface area contributed by atoms with Crippen LogP contribution >= 0.6 is 0 Å². The fourth-order valence-corrected chi connectivity index (χ4v) is 7.57. The third kappa shape index (κ3) is 26.8. The lowest BCUT2D eigenvalue weighted by atomic mass is 9.99. The van der Waals surface area contributed by atoms with Gasteiger partial charge in [-0.3, -0.25) is 4.79 Å². The Morgan fingerprint density at radius 2 is 1.00 bits per heavy atom. The van der Waals surface area contributed by atoms with Gasteiger partial charge in [-0.15, -0.1) is 0 Å². The number of carbonyl (C=O) groups excluding carboxylic acids is 1. The van der Waals surface area contributed by atoms with E-state index in [0.29, 0.717) is 12.8 Å². The summed E-state index contributed by atoms with van der Waals surface area (Å²) in [5.41, 5.74) is 0. The summed E-state index contributed by atoms with van der Waals surface area (Å²) in [6, 6.07) is -0.892. The molecule has 0 bridgehead atoms. The first-order valence-corrected chi connectivity index (χ1v) is 23.5. The second-order valence-corrected chi connectivity index (χ2v) is 16.7. The number of unbranched alkanes of at least 4 members (excludes halogenated alkanes) is 26. The van der Waals surface area contributed by atoms with Crippen molar-refractivity contribution < 1.29 is 44.9 Å². The van der Waals surface area contributed by atoms with Gasteiger partial charge in [0.2, 0.25) is 5.91 Å². The van der Waals surface area contributed by atoms with E-state index in [1.54, 1.807) is 0 Å². The molecule has 332 valence electrons. The molecule has 8 atom stereocenters. The minimum absolute atomic E-state index is 0.255. The van der Waals surface area contributed by atoms with Gasteiger partial charge in [-0.05, 0) is 38.5 Å². The Kier molecular flexibility index (Phi) is 34.9. The Balaban J connectivity index is 2.33. The molecule has 7 N–H and O–H groups in total. The van der Waals surface area contributed by atoms with E-state index >= 15 is 0 Å². The smallest absolute Gasteiger partial charge is 0.249 e. The molecule has 0 aliphatic carbocycles. The van der Waals surface area contributed by atoms with E-state index in [4.69, 9.17) is 9.47 Å². The van der Waals surface area contributed by atoms with Crippen molar-refractivity contribution in [3.63, 3.8) is 0 Å². The minimum Gasteiger partial charge on any atom is -0.394 e. The van der Waals surface area contributed by atoms with Gasteiger partial charge in [-0.2, -0.15) is 0 Å². The maximum Gasteiger partial charge on any atom is 0.249 e. The van der Waals surface area contributed by atoms with Crippen molar-refractivity contribution in [2.45, 2.75) is 262 Å². The molecule has 8 unspecified atom stereocenters.